The highest BCUT2D eigenvalue weighted by Crippen LogP contribution is 2.43. The average molecular weight is 873 g/mol. The van der Waals surface area contributed by atoms with Gasteiger partial charge in [0.1, 0.15) is 19.8 Å². The Morgan fingerprint density at radius 1 is 0.574 bits per heavy atom. The van der Waals surface area contributed by atoms with Crippen LogP contribution in [0.2, 0.25) is 0 Å². The van der Waals surface area contributed by atoms with Crippen LogP contribution in [0.5, 0.6) is 0 Å². The Morgan fingerprint density at radius 3 is 1.56 bits per heavy atom. The summed E-state index contributed by atoms with van der Waals surface area (Å²) in [6, 6.07) is 0. The second-order valence-corrected chi connectivity index (χ2v) is 17.3. The first-order valence-corrected chi connectivity index (χ1v) is 24.2. The van der Waals surface area contributed by atoms with Crippen LogP contribution in [0.1, 0.15) is 136 Å². The van der Waals surface area contributed by atoms with Crippen LogP contribution in [-0.4, -0.2) is 86.1 Å². The molecule has 0 amide bonds. The molecule has 0 aliphatic carbocycles. The van der Waals surface area contributed by atoms with Crippen LogP contribution in [0.25, 0.3) is 0 Å². The zero-order valence-corrected chi connectivity index (χ0v) is 39.4. The molecular formula is C50H83NO9P+. The molecule has 0 radical (unpaired) electrons. The Kier molecular flexibility index (Phi) is 38.4. The van der Waals surface area contributed by atoms with Crippen molar-refractivity contribution in [2.75, 3.05) is 47.5 Å². The van der Waals surface area contributed by atoms with Gasteiger partial charge in [0.2, 0.25) is 0 Å². The van der Waals surface area contributed by atoms with Crippen LogP contribution in [0.3, 0.4) is 0 Å². The van der Waals surface area contributed by atoms with Crippen molar-refractivity contribution in [2.45, 2.75) is 148 Å². The van der Waals surface area contributed by atoms with E-state index in [2.05, 4.69) is 92.8 Å². The highest BCUT2D eigenvalue weighted by Gasteiger charge is 2.27. The summed E-state index contributed by atoms with van der Waals surface area (Å²) >= 11 is 0. The van der Waals surface area contributed by atoms with E-state index in [1.54, 1.807) is 0 Å². The number of aliphatic hydroxyl groups is 1. The first-order chi connectivity index (χ1) is 29.4. The number of carbonyl (C=O) groups is 2. The van der Waals surface area contributed by atoms with Crippen LogP contribution in [0.15, 0.2) is 109 Å². The third kappa shape index (κ3) is 44.5. The number of phosphoric acid groups is 1. The normalized spacial score (nSPS) is 15.1. The van der Waals surface area contributed by atoms with Gasteiger partial charge in [0.15, 0.2) is 6.10 Å². The number of hydrogen-bond acceptors (Lipinski definition) is 8. The van der Waals surface area contributed by atoms with Crippen molar-refractivity contribution >= 4 is 19.8 Å². The molecule has 0 fully saturated rings. The van der Waals surface area contributed by atoms with Crippen LogP contribution >= 0.6 is 7.82 Å². The van der Waals surface area contributed by atoms with Gasteiger partial charge in [-0.05, 0) is 83.5 Å². The Hall–Kier alpha value is -3.37. The molecular weight excluding hydrogens is 790 g/mol. The first-order valence-electron chi connectivity index (χ1n) is 22.7. The van der Waals surface area contributed by atoms with E-state index in [4.69, 9.17) is 18.5 Å². The molecule has 0 bridgehead atoms. The number of ether oxygens (including phenoxy) is 2. The summed E-state index contributed by atoms with van der Waals surface area (Å²) in [5, 5.41) is 9.83. The highest BCUT2D eigenvalue weighted by molar-refractivity contribution is 7.47. The second-order valence-electron chi connectivity index (χ2n) is 15.9. The molecule has 0 saturated heterocycles. The molecule has 0 aliphatic heterocycles. The first kappa shape index (κ1) is 57.6. The van der Waals surface area contributed by atoms with Crippen molar-refractivity contribution in [3.63, 3.8) is 0 Å². The fourth-order valence-electron chi connectivity index (χ4n) is 5.24. The minimum absolute atomic E-state index is 0.00339. The number of phosphoric ester groups is 1. The lowest BCUT2D eigenvalue weighted by atomic mass is 10.1. The molecule has 0 spiro atoms. The topological polar surface area (TPSA) is 129 Å². The number of allylic oxidation sites excluding steroid dienone is 17. The van der Waals surface area contributed by atoms with Crippen LogP contribution in [0.4, 0.5) is 0 Å². The standard InChI is InChI=1S/C50H82NO9P/c1-6-8-10-11-12-13-14-15-16-17-18-19-20-21-26-29-32-35-38-42-50(54)60-48(46-59-61(55,56)58-44-43-51(3,4)5)45-57-49(53)41-37-34-31-28-25-23-22-24-27-30-33-36-40-47(52)39-9-7-2/h12-13,15-16,18-19,21-23,26-28,30-32,35-36,40,47-48,52H,6-11,14,17,20,24-25,29,33-34,37-39,41-46H2,1-5H3/p+1/b13-12-,16-15-,19-18-,23-22-,26-21-,30-27-,31-28-,35-32-,40-36-/t47-,48+/m0/s1. The van der Waals surface area contributed by atoms with Crippen molar-refractivity contribution in [3.05, 3.63) is 109 Å². The van der Waals surface area contributed by atoms with Crippen molar-refractivity contribution in [2.24, 2.45) is 0 Å². The molecule has 0 saturated carbocycles. The maximum absolute atomic E-state index is 12.7. The Labute approximate surface area is 370 Å². The van der Waals surface area contributed by atoms with Gasteiger partial charge >= 0.3 is 19.8 Å². The van der Waals surface area contributed by atoms with E-state index in [1.165, 1.54) is 25.7 Å². The van der Waals surface area contributed by atoms with E-state index in [1.807, 2.05) is 51.5 Å². The number of rotatable bonds is 39. The van der Waals surface area contributed by atoms with Gasteiger partial charge in [0.05, 0.1) is 33.9 Å². The molecule has 0 aromatic rings. The summed E-state index contributed by atoms with van der Waals surface area (Å²) in [6.07, 6.45) is 52.1. The molecule has 0 aliphatic rings. The van der Waals surface area contributed by atoms with Gasteiger partial charge in [0.25, 0.3) is 0 Å². The number of carbonyl (C=O) groups excluding carboxylic acids is 2. The molecule has 3 atom stereocenters. The number of aliphatic hydroxyl groups excluding tert-OH is 1. The lowest BCUT2D eigenvalue weighted by Crippen LogP contribution is -2.37. The fourth-order valence-corrected chi connectivity index (χ4v) is 5.98. The van der Waals surface area contributed by atoms with Crippen LogP contribution in [0, 0.1) is 0 Å². The Morgan fingerprint density at radius 2 is 1.05 bits per heavy atom. The number of quaternary nitrogens is 1. The van der Waals surface area contributed by atoms with Gasteiger partial charge < -0.3 is 24.0 Å². The number of esters is 2. The Balaban J connectivity index is 4.61. The van der Waals surface area contributed by atoms with E-state index < -0.39 is 32.5 Å². The van der Waals surface area contributed by atoms with Gasteiger partial charge in [-0.25, -0.2) is 4.57 Å². The minimum Gasteiger partial charge on any atom is -0.462 e. The fraction of sp³-hybridized carbons (Fsp3) is 0.600. The van der Waals surface area contributed by atoms with Gasteiger partial charge in [-0.3, -0.25) is 18.6 Å². The number of likely N-dealkylation sites (N-methyl/N-ethyl adjacent to an activating group) is 1. The average Bonchev–Trinajstić information content (AvgIpc) is 3.21. The summed E-state index contributed by atoms with van der Waals surface area (Å²) in [7, 11) is 1.36. The predicted molar refractivity (Wildman–Crippen MR) is 253 cm³/mol. The smallest absolute Gasteiger partial charge is 0.462 e. The van der Waals surface area contributed by atoms with Crippen LogP contribution in [-0.2, 0) is 32.7 Å². The zero-order valence-electron chi connectivity index (χ0n) is 38.5. The van der Waals surface area contributed by atoms with Gasteiger partial charge in [0, 0.05) is 12.8 Å². The molecule has 346 valence electrons. The van der Waals surface area contributed by atoms with E-state index in [0.29, 0.717) is 30.3 Å². The van der Waals surface area contributed by atoms with Gasteiger partial charge in [-0.15, -0.1) is 0 Å². The molecule has 10 nitrogen and oxygen atoms in total. The zero-order chi connectivity index (χ0) is 45.1. The molecule has 61 heavy (non-hydrogen) atoms. The molecule has 0 heterocycles. The number of unbranched alkanes of at least 4 members (excludes halogenated alkanes) is 5. The van der Waals surface area contributed by atoms with E-state index >= 15 is 0 Å². The highest BCUT2D eigenvalue weighted by atomic mass is 31.2. The summed E-state index contributed by atoms with van der Waals surface area (Å²) in [5.74, 6) is -0.996. The van der Waals surface area contributed by atoms with Crippen molar-refractivity contribution in [1.29, 1.82) is 0 Å². The summed E-state index contributed by atoms with van der Waals surface area (Å²) in [5.41, 5.74) is 0. The second kappa shape index (κ2) is 40.7. The third-order valence-corrected chi connectivity index (χ3v) is 9.84. The third-order valence-electron chi connectivity index (χ3n) is 8.86. The summed E-state index contributed by atoms with van der Waals surface area (Å²) in [6.45, 7) is 4.04. The van der Waals surface area contributed by atoms with E-state index in [9.17, 15) is 24.2 Å². The lowest BCUT2D eigenvalue weighted by Gasteiger charge is -2.24. The molecule has 0 rings (SSSR count). The van der Waals surface area contributed by atoms with E-state index in [0.717, 1.165) is 64.2 Å². The number of nitrogens with zero attached hydrogens (tertiary/aromatic N) is 1. The van der Waals surface area contributed by atoms with E-state index in [-0.39, 0.29) is 32.2 Å². The van der Waals surface area contributed by atoms with Crippen LogP contribution < -0.4 is 0 Å². The van der Waals surface area contributed by atoms with Crippen molar-refractivity contribution in [3.8, 4) is 0 Å². The number of hydrogen-bond donors (Lipinski definition) is 2. The maximum Gasteiger partial charge on any atom is 0.472 e. The monoisotopic (exact) mass is 873 g/mol. The molecule has 2 N–H and O–H groups in total. The molecule has 0 aromatic heterocycles. The molecule has 1 unspecified atom stereocenters. The van der Waals surface area contributed by atoms with Crippen molar-refractivity contribution in [1.82, 2.24) is 0 Å². The van der Waals surface area contributed by atoms with Gasteiger partial charge in [-0.1, -0.05) is 149 Å². The Bertz CT molecular complexity index is 1420. The SMILES string of the molecule is CCCCC/C=C\C/C=C\C/C=C\C/C=C\C/C=C\CCC(=O)O[C@H](COC(=O)CCC/C=C\C/C=C\C/C=C\C/C=C\[C@@H](O)CCCC)COP(=O)(O)OCC[N+](C)(C)C. The van der Waals surface area contributed by atoms with Crippen molar-refractivity contribution < 1.29 is 47.2 Å². The largest absolute Gasteiger partial charge is 0.472 e. The lowest BCUT2D eigenvalue weighted by molar-refractivity contribution is -0.870. The summed E-state index contributed by atoms with van der Waals surface area (Å²) < 4.78 is 34.1. The predicted octanol–water partition coefficient (Wildman–Crippen LogP) is 12.1. The molecule has 0 aromatic carbocycles. The van der Waals surface area contributed by atoms with Gasteiger partial charge in [-0.2, -0.15) is 0 Å². The maximum atomic E-state index is 12.7. The summed E-state index contributed by atoms with van der Waals surface area (Å²) in [4.78, 5) is 35.3. The quantitative estimate of drug-likeness (QED) is 0.0204. The minimum atomic E-state index is -4.43. The molecule has 11 heteroatoms.